The second-order valence-electron chi connectivity index (χ2n) is 5.84. The minimum atomic E-state index is -3.82. The molecule has 28 heavy (non-hydrogen) atoms. The molecular formula is C21H18N2O3SU. The molecule has 0 radical (unpaired) electrons. The van der Waals surface area contributed by atoms with Gasteiger partial charge in [0.05, 0.1) is 10.6 Å². The first kappa shape index (κ1) is 22.2. The van der Waals surface area contributed by atoms with Crippen LogP contribution in [0.4, 0.5) is 5.69 Å². The summed E-state index contributed by atoms with van der Waals surface area (Å²) in [6.45, 7) is 7.75. The summed E-state index contributed by atoms with van der Waals surface area (Å²) in [4.78, 5) is 17.3. The minimum absolute atomic E-state index is 0. The predicted octanol–water partition coefficient (Wildman–Crippen LogP) is 3.67. The number of ketones is 1. The van der Waals surface area contributed by atoms with Crippen LogP contribution in [0.25, 0.3) is 0 Å². The average molecular weight is 616 g/mol. The Morgan fingerprint density at radius 1 is 1.00 bits per heavy atom. The number of hydrogen-bond donors (Lipinski definition) is 1. The molecule has 1 heterocycles. The SMILES string of the molecule is [CH2-]Cc1ccnc(C(=O)c2ccccc2NS(=O)(=O)c2ccccc2)c1[CH2-].[U+2]. The van der Waals surface area contributed by atoms with E-state index in [1.54, 1.807) is 48.5 Å². The number of nitrogens with zero attached hydrogens (tertiary/aromatic N) is 1. The maximum atomic E-state index is 13.0. The zero-order valence-electron chi connectivity index (χ0n) is 15.1. The fraction of sp³-hybridized carbons (Fsp3) is 0.0476. The van der Waals surface area contributed by atoms with Gasteiger partial charge in [0.15, 0.2) is 5.78 Å². The molecule has 0 saturated heterocycles. The molecule has 3 aromatic rings. The van der Waals surface area contributed by atoms with Crippen molar-refractivity contribution in [2.24, 2.45) is 0 Å². The average Bonchev–Trinajstić information content (AvgIpc) is 2.68. The van der Waals surface area contributed by atoms with E-state index >= 15 is 0 Å². The van der Waals surface area contributed by atoms with Gasteiger partial charge < -0.3 is 16.7 Å². The van der Waals surface area contributed by atoms with Crippen molar-refractivity contribution < 1.29 is 44.3 Å². The molecule has 0 fully saturated rings. The number of carbonyl (C=O) groups is 1. The van der Waals surface area contributed by atoms with Crippen LogP contribution in [-0.4, -0.2) is 19.2 Å². The summed E-state index contributed by atoms with van der Waals surface area (Å²) in [7, 11) is -3.82. The van der Waals surface area contributed by atoms with Gasteiger partial charge in [-0.2, -0.15) is 18.1 Å². The zero-order chi connectivity index (χ0) is 19.4. The second kappa shape index (κ2) is 9.42. The van der Waals surface area contributed by atoms with Crippen LogP contribution in [0.5, 0.6) is 0 Å². The summed E-state index contributed by atoms with van der Waals surface area (Å²) in [5, 5.41) is 0. The molecule has 7 heteroatoms. The number of nitrogens with one attached hydrogen (secondary N) is 1. The number of carbonyl (C=O) groups excluding carboxylic acids is 1. The van der Waals surface area contributed by atoms with Crippen molar-refractivity contribution in [1.29, 1.82) is 0 Å². The molecule has 2 aromatic carbocycles. The number of aromatic nitrogens is 1. The first-order chi connectivity index (χ1) is 12.9. The van der Waals surface area contributed by atoms with Crippen LogP contribution in [0.15, 0.2) is 71.8 Å². The van der Waals surface area contributed by atoms with E-state index in [-0.39, 0.29) is 53.0 Å². The molecule has 3 rings (SSSR count). The number of benzene rings is 2. The molecule has 0 aliphatic heterocycles. The maximum Gasteiger partial charge on any atom is 2.00 e. The minimum Gasteiger partial charge on any atom is -0.350 e. The Morgan fingerprint density at radius 2 is 1.64 bits per heavy atom. The van der Waals surface area contributed by atoms with E-state index in [0.29, 0.717) is 12.0 Å². The number of hydrogen-bond acceptors (Lipinski definition) is 4. The van der Waals surface area contributed by atoms with Crippen molar-refractivity contribution in [2.45, 2.75) is 11.3 Å². The summed E-state index contributed by atoms with van der Waals surface area (Å²) < 4.78 is 27.7. The number of pyridine rings is 1. The van der Waals surface area contributed by atoms with Gasteiger partial charge in [0, 0.05) is 17.5 Å². The van der Waals surface area contributed by atoms with E-state index in [9.17, 15) is 13.2 Å². The van der Waals surface area contributed by atoms with E-state index in [0.717, 1.165) is 5.56 Å². The van der Waals surface area contributed by atoms with E-state index in [1.807, 2.05) is 0 Å². The van der Waals surface area contributed by atoms with Gasteiger partial charge in [0.25, 0.3) is 10.0 Å². The Balaban J connectivity index is 0.00000280. The van der Waals surface area contributed by atoms with Crippen molar-refractivity contribution in [3.05, 3.63) is 103 Å². The second-order valence-corrected chi connectivity index (χ2v) is 7.52. The summed E-state index contributed by atoms with van der Waals surface area (Å²) in [5.74, 6) is -0.401. The van der Waals surface area contributed by atoms with Crippen molar-refractivity contribution in [3.63, 3.8) is 0 Å². The van der Waals surface area contributed by atoms with E-state index in [2.05, 4.69) is 23.6 Å². The van der Waals surface area contributed by atoms with Gasteiger partial charge in [-0.3, -0.25) is 4.72 Å². The van der Waals surface area contributed by atoms with Crippen molar-refractivity contribution >= 4 is 21.5 Å². The van der Waals surface area contributed by atoms with Gasteiger partial charge >= 0.3 is 31.1 Å². The number of sulfonamides is 1. The first-order valence-electron chi connectivity index (χ1n) is 8.24. The molecule has 5 nitrogen and oxygen atoms in total. The molecule has 0 atom stereocenters. The number of rotatable bonds is 6. The van der Waals surface area contributed by atoms with Gasteiger partial charge in [0.2, 0.25) is 0 Å². The van der Waals surface area contributed by atoms with Crippen LogP contribution in [0, 0.1) is 45.0 Å². The normalized spacial score (nSPS) is 10.8. The van der Waals surface area contributed by atoms with Crippen LogP contribution in [0.3, 0.4) is 0 Å². The molecule has 0 amide bonds. The molecular weight excluding hydrogens is 598 g/mol. The molecule has 0 unspecified atom stereocenters. The van der Waals surface area contributed by atoms with E-state index in [4.69, 9.17) is 0 Å². The molecule has 0 spiro atoms. The van der Waals surface area contributed by atoms with Crippen LogP contribution in [0.2, 0.25) is 0 Å². The smallest absolute Gasteiger partial charge is 0.350 e. The molecule has 1 aromatic heterocycles. The summed E-state index contributed by atoms with van der Waals surface area (Å²) >= 11 is 0. The Hall–Kier alpha value is -2.07. The molecule has 1 N–H and O–H groups in total. The molecule has 0 bridgehead atoms. The van der Waals surface area contributed by atoms with Crippen LogP contribution in [-0.2, 0) is 16.4 Å². The van der Waals surface area contributed by atoms with Crippen LogP contribution in [0.1, 0.15) is 27.2 Å². The van der Waals surface area contributed by atoms with Crippen molar-refractivity contribution in [1.82, 2.24) is 4.98 Å². The fourth-order valence-electron chi connectivity index (χ4n) is 2.66. The van der Waals surface area contributed by atoms with Gasteiger partial charge in [-0.05, 0) is 24.3 Å². The van der Waals surface area contributed by atoms with Crippen LogP contribution < -0.4 is 4.72 Å². The third-order valence-electron chi connectivity index (χ3n) is 4.11. The monoisotopic (exact) mass is 616 g/mol. The van der Waals surface area contributed by atoms with Gasteiger partial charge in [-0.25, -0.2) is 14.8 Å². The summed E-state index contributed by atoms with van der Waals surface area (Å²) in [6, 6.07) is 16.2. The third-order valence-corrected chi connectivity index (χ3v) is 5.49. The largest absolute Gasteiger partial charge is 2.00 e. The fourth-order valence-corrected chi connectivity index (χ4v) is 3.76. The molecule has 0 aliphatic carbocycles. The number of para-hydroxylation sites is 1. The maximum absolute atomic E-state index is 13.0. The van der Waals surface area contributed by atoms with Crippen molar-refractivity contribution in [3.8, 4) is 0 Å². The number of anilines is 1. The summed E-state index contributed by atoms with van der Waals surface area (Å²) in [5.41, 5.74) is 1.89. The third kappa shape index (κ3) is 4.67. The van der Waals surface area contributed by atoms with E-state index < -0.39 is 15.8 Å². The quantitative estimate of drug-likeness (QED) is 0.339. The predicted molar refractivity (Wildman–Crippen MR) is 105 cm³/mol. The Bertz CT molecular complexity index is 1080. The Kier molecular flexibility index (Phi) is 7.48. The topological polar surface area (TPSA) is 76.1 Å². The standard InChI is InChI=1S/C21H18N2O3S.U/c1-3-16-13-14-22-20(15(16)2)21(24)18-11-7-8-12-19(18)23-27(25,26)17-9-5-4-6-10-17;/h4-14,23H,1-3H2;/q-2;+2. The van der Waals surface area contributed by atoms with Gasteiger partial charge in [0.1, 0.15) is 0 Å². The molecule has 140 valence electrons. The first-order valence-corrected chi connectivity index (χ1v) is 9.73. The zero-order valence-corrected chi connectivity index (χ0v) is 20.0. The Morgan fingerprint density at radius 3 is 2.32 bits per heavy atom. The molecule has 0 saturated carbocycles. The van der Waals surface area contributed by atoms with E-state index in [1.165, 1.54) is 18.3 Å². The summed E-state index contributed by atoms with van der Waals surface area (Å²) in [6.07, 6.45) is 2.00. The van der Waals surface area contributed by atoms with Crippen LogP contribution >= 0.6 is 0 Å². The van der Waals surface area contributed by atoms with Gasteiger partial charge in [-0.15, -0.1) is 0 Å². The Labute approximate surface area is 189 Å². The van der Waals surface area contributed by atoms with Gasteiger partial charge in [-0.1, -0.05) is 36.4 Å². The molecule has 0 aliphatic rings. The van der Waals surface area contributed by atoms with Crippen molar-refractivity contribution in [2.75, 3.05) is 4.72 Å².